The van der Waals surface area contributed by atoms with Gasteiger partial charge in [0.05, 0.1) is 17.5 Å². The molecule has 0 amide bonds. The van der Waals surface area contributed by atoms with Gasteiger partial charge in [0, 0.05) is 12.2 Å². The monoisotopic (exact) mass is 252 g/mol. The van der Waals surface area contributed by atoms with Crippen molar-refractivity contribution >= 4 is 11.9 Å². The molecule has 0 aromatic carbocycles. The summed E-state index contributed by atoms with van der Waals surface area (Å²) in [4.78, 5) is 22.4. The Hall–Kier alpha value is -1.82. The predicted molar refractivity (Wildman–Crippen MR) is 64.0 cm³/mol. The Bertz CT molecular complexity index is 428. The Kier molecular flexibility index (Phi) is 3.66. The van der Waals surface area contributed by atoms with Crippen LogP contribution in [0.15, 0.2) is 23.4 Å². The minimum atomic E-state index is -1.04. The van der Waals surface area contributed by atoms with E-state index in [4.69, 9.17) is 5.11 Å². The van der Waals surface area contributed by atoms with Crippen molar-refractivity contribution in [2.24, 2.45) is 5.92 Å². The van der Waals surface area contributed by atoms with Crippen LogP contribution < -0.4 is 10.6 Å². The highest BCUT2D eigenvalue weighted by atomic mass is 16.4. The van der Waals surface area contributed by atoms with Crippen molar-refractivity contribution < 1.29 is 19.8 Å². The summed E-state index contributed by atoms with van der Waals surface area (Å²) in [5, 5.41) is 24.4. The number of hydrogen-bond acceptors (Lipinski definition) is 4. The number of hydrogen-bond donors (Lipinski definition) is 4. The summed E-state index contributed by atoms with van der Waals surface area (Å²) in [6, 6.07) is -0.452. The molecule has 1 fully saturated rings. The van der Waals surface area contributed by atoms with Gasteiger partial charge in [-0.25, -0.2) is 4.79 Å². The Morgan fingerprint density at radius 2 is 2.11 bits per heavy atom. The zero-order chi connectivity index (χ0) is 13.1. The highest BCUT2D eigenvalue weighted by Crippen LogP contribution is 2.24. The molecule has 0 bridgehead atoms. The average Bonchev–Trinajstić information content (AvgIpc) is 2.38. The lowest BCUT2D eigenvalue weighted by atomic mass is 9.86. The van der Waals surface area contributed by atoms with Crippen LogP contribution in [0.25, 0.3) is 0 Å². The first-order valence-corrected chi connectivity index (χ1v) is 5.95. The van der Waals surface area contributed by atoms with E-state index in [2.05, 4.69) is 10.6 Å². The molecule has 0 radical (unpaired) electrons. The molecule has 0 spiro atoms. The Labute approximate surface area is 104 Å². The van der Waals surface area contributed by atoms with Gasteiger partial charge in [0.2, 0.25) is 0 Å². The second kappa shape index (κ2) is 5.22. The van der Waals surface area contributed by atoms with Crippen LogP contribution in [0.4, 0.5) is 0 Å². The smallest absolute Gasteiger partial charge is 0.337 e. The predicted octanol–water partition coefficient (Wildman–Crippen LogP) is -0.0627. The number of nitrogens with one attached hydrogen (secondary N) is 2. The van der Waals surface area contributed by atoms with Crippen LogP contribution in [-0.2, 0) is 9.59 Å². The fourth-order valence-electron chi connectivity index (χ4n) is 2.45. The van der Waals surface area contributed by atoms with Crippen molar-refractivity contribution in [2.45, 2.75) is 18.9 Å². The molecule has 4 N–H and O–H groups in total. The number of rotatable bonds is 3. The lowest BCUT2D eigenvalue weighted by Crippen LogP contribution is -2.50. The van der Waals surface area contributed by atoms with Crippen LogP contribution in [-0.4, -0.2) is 41.3 Å². The third-order valence-corrected chi connectivity index (χ3v) is 3.30. The molecular weight excluding hydrogens is 236 g/mol. The van der Waals surface area contributed by atoms with E-state index in [1.807, 2.05) is 0 Å². The average molecular weight is 252 g/mol. The molecule has 98 valence electrons. The van der Waals surface area contributed by atoms with Gasteiger partial charge in [0.15, 0.2) is 0 Å². The molecule has 2 unspecified atom stereocenters. The number of dihydropyridines is 1. The molecule has 2 aliphatic rings. The van der Waals surface area contributed by atoms with E-state index in [9.17, 15) is 14.7 Å². The highest BCUT2D eigenvalue weighted by molar-refractivity contribution is 5.91. The molecular formula is C12H16N2O4. The van der Waals surface area contributed by atoms with Crippen LogP contribution in [0.3, 0.4) is 0 Å². The molecule has 2 aliphatic heterocycles. The van der Waals surface area contributed by atoms with Gasteiger partial charge in [0.25, 0.3) is 0 Å². The van der Waals surface area contributed by atoms with Crippen molar-refractivity contribution in [1.82, 2.24) is 10.6 Å². The lowest BCUT2D eigenvalue weighted by molar-refractivity contribution is -0.143. The molecule has 0 aromatic rings. The maximum Gasteiger partial charge on any atom is 0.337 e. The molecule has 0 aromatic heterocycles. The van der Waals surface area contributed by atoms with Crippen molar-refractivity contribution in [3.05, 3.63) is 23.4 Å². The second-order valence-electron chi connectivity index (χ2n) is 4.43. The second-order valence-corrected chi connectivity index (χ2v) is 4.43. The van der Waals surface area contributed by atoms with Crippen LogP contribution >= 0.6 is 0 Å². The van der Waals surface area contributed by atoms with Gasteiger partial charge in [-0.15, -0.1) is 0 Å². The molecule has 0 saturated carbocycles. The number of aliphatic carboxylic acids is 2. The van der Waals surface area contributed by atoms with Crippen LogP contribution in [0.5, 0.6) is 0 Å². The van der Waals surface area contributed by atoms with Gasteiger partial charge in [-0.3, -0.25) is 4.79 Å². The first-order valence-electron chi connectivity index (χ1n) is 5.95. The zero-order valence-electron chi connectivity index (χ0n) is 9.85. The molecule has 2 heterocycles. The van der Waals surface area contributed by atoms with E-state index in [0.29, 0.717) is 25.2 Å². The van der Waals surface area contributed by atoms with Gasteiger partial charge in [-0.2, -0.15) is 0 Å². The normalized spacial score (nSPS) is 27.8. The first kappa shape index (κ1) is 12.6. The molecule has 1 saturated heterocycles. The van der Waals surface area contributed by atoms with Crippen molar-refractivity contribution in [3.63, 3.8) is 0 Å². The number of piperidine rings is 1. The van der Waals surface area contributed by atoms with Crippen LogP contribution in [0.2, 0.25) is 0 Å². The van der Waals surface area contributed by atoms with Crippen LogP contribution in [0, 0.1) is 5.92 Å². The van der Waals surface area contributed by atoms with E-state index < -0.39 is 23.9 Å². The third-order valence-electron chi connectivity index (χ3n) is 3.30. The Balaban J connectivity index is 2.34. The fourth-order valence-corrected chi connectivity index (χ4v) is 2.45. The van der Waals surface area contributed by atoms with E-state index in [0.717, 1.165) is 6.42 Å². The van der Waals surface area contributed by atoms with Crippen molar-refractivity contribution in [3.8, 4) is 0 Å². The maximum atomic E-state index is 11.2. The molecule has 2 atom stereocenters. The third kappa shape index (κ3) is 2.38. The summed E-state index contributed by atoms with van der Waals surface area (Å²) in [7, 11) is 0. The Morgan fingerprint density at radius 1 is 1.33 bits per heavy atom. The topological polar surface area (TPSA) is 98.7 Å². The summed E-state index contributed by atoms with van der Waals surface area (Å²) in [6.45, 7) is 1.23. The van der Waals surface area contributed by atoms with Gasteiger partial charge < -0.3 is 20.8 Å². The highest BCUT2D eigenvalue weighted by Gasteiger charge is 2.35. The Morgan fingerprint density at radius 3 is 2.78 bits per heavy atom. The van der Waals surface area contributed by atoms with Gasteiger partial charge in [0.1, 0.15) is 0 Å². The van der Waals surface area contributed by atoms with E-state index >= 15 is 0 Å². The lowest BCUT2D eigenvalue weighted by Gasteiger charge is -2.33. The van der Waals surface area contributed by atoms with Gasteiger partial charge >= 0.3 is 11.9 Å². The molecule has 0 aliphatic carbocycles. The standard InChI is InChI=1S/C12H16N2O4/c15-11(16)7-3-1-5-13-9(7)10-8(12(17)18)4-2-6-14-10/h1,3,8,10,13-14H,2,4-6H2,(H,15,16)(H,17,18). The zero-order valence-corrected chi connectivity index (χ0v) is 9.85. The van der Waals surface area contributed by atoms with Crippen LogP contribution in [0.1, 0.15) is 12.8 Å². The first-order chi connectivity index (χ1) is 8.61. The number of carboxylic acids is 2. The number of carbonyl (C=O) groups is 2. The molecule has 6 heteroatoms. The van der Waals surface area contributed by atoms with Crippen molar-refractivity contribution in [1.29, 1.82) is 0 Å². The molecule has 2 rings (SSSR count). The molecule has 6 nitrogen and oxygen atoms in total. The summed E-state index contributed by atoms with van der Waals surface area (Å²) < 4.78 is 0. The van der Waals surface area contributed by atoms with E-state index in [-0.39, 0.29) is 5.57 Å². The fraction of sp³-hybridized carbons (Fsp3) is 0.500. The van der Waals surface area contributed by atoms with E-state index in [1.54, 1.807) is 6.08 Å². The summed E-state index contributed by atoms with van der Waals surface area (Å²) in [6.07, 6.45) is 4.60. The van der Waals surface area contributed by atoms with Crippen molar-refractivity contribution in [2.75, 3.05) is 13.1 Å². The quantitative estimate of drug-likeness (QED) is 0.561. The molecule has 18 heavy (non-hydrogen) atoms. The summed E-state index contributed by atoms with van der Waals surface area (Å²) in [5.74, 6) is -2.51. The summed E-state index contributed by atoms with van der Waals surface area (Å²) in [5.41, 5.74) is 0.629. The summed E-state index contributed by atoms with van der Waals surface area (Å²) >= 11 is 0. The van der Waals surface area contributed by atoms with Gasteiger partial charge in [-0.1, -0.05) is 6.08 Å². The van der Waals surface area contributed by atoms with E-state index in [1.165, 1.54) is 6.08 Å². The van der Waals surface area contributed by atoms with Gasteiger partial charge in [-0.05, 0) is 25.5 Å². The minimum Gasteiger partial charge on any atom is -0.481 e. The number of carboxylic acid groups (broad SMARTS) is 2. The largest absolute Gasteiger partial charge is 0.481 e. The maximum absolute atomic E-state index is 11.2. The minimum absolute atomic E-state index is 0.145. The SMILES string of the molecule is O=C(O)C1=C(C2NCCCC2C(=O)O)NCC=C1.